The van der Waals surface area contributed by atoms with Crippen molar-refractivity contribution in [1.29, 1.82) is 0 Å². The van der Waals surface area contributed by atoms with E-state index in [1.807, 2.05) is 30.3 Å². The van der Waals surface area contributed by atoms with E-state index < -0.39 is 35.6 Å². The van der Waals surface area contributed by atoms with Crippen molar-refractivity contribution in [3.05, 3.63) is 54.1 Å². The first-order chi connectivity index (χ1) is 14.6. The van der Waals surface area contributed by atoms with Crippen LogP contribution < -0.4 is 16.6 Å². The van der Waals surface area contributed by atoms with Crippen molar-refractivity contribution in [3.8, 4) is 0 Å². The fourth-order valence-electron chi connectivity index (χ4n) is 3.00. The molecular weight excluding hydrogens is 400 g/mol. The Morgan fingerprint density at radius 2 is 1.87 bits per heavy atom. The maximum absolute atomic E-state index is 13.3. The molecule has 0 fully saturated rings. The van der Waals surface area contributed by atoms with Crippen LogP contribution >= 0.6 is 0 Å². The third kappa shape index (κ3) is 7.41. The summed E-state index contributed by atoms with van der Waals surface area (Å²) in [5.74, 6) is 4.33. The number of aromatic nitrogens is 2. The second-order valence-corrected chi connectivity index (χ2v) is 8.13. The van der Waals surface area contributed by atoms with Crippen LogP contribution in [0.25, 0.3) is 0 Å². The molecule has 0 aliphatic heterocycles. The fourth-order valence-corrected chi connectivity index (χ4v) is 3.00. The van der Waals surface area contributed by atoms with Gasteiger partial charge in [0.1, 0.15) is 17.7 Å². The molecule has 0 saturated carbocycles. The molecule has 0 bridgehead atoms. The van der Waals surface area contributed by atoms with Gasteiger partial charge in [-0.25, -0.2) is 15.6 Å². The Hall–Kier alpha value is -3.40. The molecule has 0 spiro atoms. The van der Waals surface area contributed by atoms with Gasteiger partial charge in [0.05, 0.1) is 12.0 Å². The predicted molar refractivity (Wildman–Crippen MR) is 114 cm³/mol. The lowest BCUT2D eigenvalue weighted by Crippen LogP contribution is -2.56. The second kappa shape index (κ2) is 10.6. The van der Waals surface area contributed by atoms with Crippen molar-refractivity contribution in [2.75, 3.05) is 7.05 Å². The molecule has 0 unspecified atom stereocenters. The number of carbonyl (C=O) groups is 3. The summed E-state index contributed by atoms with van der Waals surface area (Å²) in [5.41, 5.74) is 2.80. The van der Waals surface area contributed by atoms with Crippen LogP contribution in [0.5, 0.6) is 0 Å². The standard InChI is InChI=1S/C21H30N6O4/c1-21(2,3)31-20(30)25-16(10-14-8-6-5-7-9-14)19(29)27(4)17(18(28)26-22)11-15-12-23-13-24-15/h5-9,12-13,16-17H,10-11,22H2,1-4H3,(H,23,24)(H,25,30)(H,26,28)/t16-,17-/m0/s1. The zero-order chi connectivity index (χ0) is 23.0. The van der Waals surface area contributed by atoms with Crippen LogP contribution in [0.3, 0.4) is 0 Å². The molecule has 1 aromatic carbocycles. The first kappa shape index (κ1) is 23.9. The number of aromatic amines is 1. The summed E-state index contributed by atoms with van der Waals surface area (Å²) in [6.07, 6.45) is 2.77. The van der Waals surface area contributed by atoms with E-state index in [0.717, 1.165) is 5.56 Å². The number of carbonyl (C=O) groups excluding carboxylic acids is 3. The molecule has 1 heterocycles. The molecule has 10 nitrogen and oxygen atoms in total. The summed E-state index contributed by atoms with van der Waals surface area (Å²) in [7, 11) is 1.49. The highest BCUT2D eigenvalue weighted by molar-refractivity contribution is 5.91. The molecule has 10 heteroatoms. The van der Waals surface area contributed by atoms with E-state index in [-0.39, 0.29) is 12.8 Å². The van der Waals surface area contributed by atoms with Crippen molar-refractivity contribution in [2.24, 2.45) is 5.84 Å². The minimum Gasteiger partial charge on any atom is -0.444 e. The Morgan fingerprint density at radius 1 is 1.19 bits per heavy atom. The summed E-state index contributed by atoms with van der Waals surface area (Å²) >= 11 is 0. The number of hydrogen-bond donors (Lipinski definition) is 4. The average molecular weight is 431 g/mol. The molecule has 0 aliphatic rings. The highest BCUT2D eigenvalue weighted by Crippen LogP contribution is 2.12. The van der Waals surface area contributed by atoms with Crippen LogP contribution in [-0.4, -0.2) is 57.5 Å². The third-order valence-corrected chi connectivity index (χ3v) is 4.49. The van der Waals surface area contributed by atoms with Crippen molar-refractivity contribution >= 4 is 17.9 Å². The number of hydrazine groups is 1. The average Bonchev–Trinajstić information content (AvgIpc) is 3.22. The minimum atomic E-state index is -0.950. The molecule has 0 saturated heterocycles. The first-order valence-electron chi connectivity index (χ1n) is 9.89. The Labute approximate surface area is 181 Å². The highest BCUT2D eigenvalue weighted by atomic mass is 16.6. The number of alkyl carbamates (subject to hydrolysis) is 1. The van der Waals surface area contributed by atoms with Gasteiger partial charge in [-0.2, -0.15) is 0 Å². The number of likely N-dealkylation sites (N-methyl/N-ethyl adjacent to an activating group) is 1. The molecule has 2 rings (SSSR count). The van der Waals surface area contributed by atoms with E-state index in [9.17, 15) is 14.4 Å². The first-order valence-corrected chi connectivity index (χ1v) is 9.89. The Balaban J connectivity index is 2.25. The summed E-state index contributed by atoms with van der Waals surface area (Å²) in [5, 5.41) is 2.64. The molecule has 5 N–H and O–H groups in total. The van der Waals surface area contributed by atoms with Crippen LogP contribution in [0, 0.1) is 0 Å². The van der Waals surface area contributed by atoms with Gasteiger partial charge < -0.3 is 19.9 Å². The third-order valence-electron chi connectivity index (χ3n) is 4.49. The van der Waals surface area contributed by atoms with Crippen molar-refractivity contribution in [2.45, 2.75) is 51.3 Å². The molecule has 3 amide bonds. The number of hydrogen-bond acceptors (Lipinski definition) is 6. The van der Waals surface area contributed by atoms with E-state index >= 15 is 0 Å². The number of nitrogens with zero attached hydrogens (tertiary/aromatic N) is 2. The zero-order valence-electron chi connectivity index (χ0n) is 18.2. The van der Waals surface area contributed by atoms with Gasteiger partial charge in [-0.15, -0.1) is 0 Å². The van der Waals surface area contributed by atoms with Gasteiger partial charge in [0, 0.05) is 26.1 Å². The number of imidazole rings is 1. The molecule has 2 aromatic rings. The minimum absolute atomic E-state index is 0.152. The molecule has 0 aliphatic carbocycles. The Morgan fingerprint density at radius 3 is 2.42 bits per heavy atom. The number of amides is 3. The lowest BCUT2D eigenvalue weighted by atomic mass is 10.0. The van der Waals surface area contributed by atoms with Crippen molar-refractivity contribution < 1.29 is 19.1 Å². The van der Waals surface area contributed by atoms with Crippen LogP contribution in [0.15, 0.2) is 42.9 Å². The largest absolute Gasteiger partial charge is 0.444 e. The fraction of sp³-hybridized carbons (Fsp3) is 0.429. The smallest absolute Gasteiger partial charge is 0.408 e. The molecule has 31 heavy (non-hydrogen) atoms. The molecule has 1 aromatic heterocycles. The topological polar surface area (TPSA) is 142 Å². The van der Waals surface area contributed by atoms with Crippen LogP contribution in [0.4, 0.5) is 4.79 Å². The number of H-pyrrole nitrogens is 1. The van der Waals surface area contributed by atoms with Gasteiger partial charge in [-0.1, -0.05) is 30.3 Å². The van der Waals surface area contributed by atoms with Crippen molar-refractivity contribution in [1.82, 2.24) is 25.6 Å². The molecular formula is C21H30N6O4. The summed E-state index contributed by atoms with van der Waals surface area (Å²) in [6, 6.07) is 7.38. The Kier molecular flexibility index (Phi) is 8.14. The van der Waals surface area contributed by atoms with Gasteiger partial charge >= 0.3 is 6.09 Å². The summed E-state index contributed by atoms with van der Waals surface area (Å²) in [6.45, 7) is 5.20. The second-order valence-electron chi connectivity index (χ2n) is 8.13. The van der Waals surface area contributed by atoms with E-state index in [2.05, 4.69) is 20.7 Å². The van der Waals surface area contributed by atoms with Crippen LogP contribution in [-0.2, 0) is 27.2 Å². The normalized spacial score (nSPS) is 13.1. The van der Waals surface area contributed by atoms with E-state index in [4.69, 9.17) is 10.6 Å². The van der Waals surface area contributed by atoms with Gasteiger partial charge in [0.15, 0.2) is 0 Å². The van der Waals surface area contributed by atoms with E-state index in [1.54, 1.807) is 27.0 Å². The number of nitrogens with one attached hydrogen (secondary N) is 3. The monoisotopic (exact) mass is 430 g/mol. The Bertz CT molecular complexity index is 864. The maximum Gasteiger partial charge on any atom is 0.408 e. The maximum atomic E-state index is 13.3. The van der Waals surface area contributed by atoms with Gasteiger partial charge in [0.2, 0.25) is 5.91 Å². The molecule has 2 atom stereocenters. The van der Waals surface area contributed by atoms with Crippen molar-refractivity contribution in [3.63, 3.8) is 0 Å². The molecule has 168 valence electrons. The van der Waals surface area contributed by atoms with E-state index in [0.29, 0.717) is 5.69 Å². The number of benzene rings is 1. The lowest BCUT2D eigenvalue weighted by molar-refractivity contribution is -0.140. The summed E-state index contributed by atoms with van der Waals surface area (Å²) in [4.78, 5) is 46.3. The van der Waals surface area contributed by atoms with Gasteiger partial charge in [0.25, 0.3) is 5.91 Å². The highest BCUT2D eigenvalue weighted by Gasteiger charge is 2.33. The quantitative estimate of drug-likeness (QED) is 0.278. The number of nitrogens with two attached hydrogens (primary N) is 1. The summed E-state index contributed by atoms with van der Waals surface area (Å²) < 4.78 is 5.32. The molecule has 0 radical (unpaired) electrons. The van der Waals surface area contributed by atoms with Crippen LogP contribution in [0.2, 0.25) is 0 Å². The van der Waals surface area contributed by atoms with Gasteiger partial charge in [-0.3, -0.25) is 15.0 Å². The van der Waals surface area contributed by atoms with Gasteiger partial charge in [-0.05, 0) is 26.3 Å². The SMILES string of the molecule is CN(C(=O)[C@H](Cc1ccccc1)NC(=O)OC(C)(C)C)[C@@H](Cc1c[nH]cn1)C(=O)NN. The number of ether oxygens (including phenoxy) is 1. The van der Waals surface area contributed by atoms with Crippen LogP contribution in [0.1, 0.15) is 32.0 Å². The zero-order valence-corrected chi connectivity index (χ0v) is 18.2. The lowest BCUT2D eigenvalue weighted by Gasteiger charge is -2.31. The number of rotatable bonds is 8. The predicted octanol–water partition coefficient (Wildman–Crippen LogP) is 0.905. The van der Waals surface area contributed by atoms with E-state index in [1.165, 1.54) is 18.3 Å².